The highest BCUT2D eigenvalue weighted by Gasteiger charge is 2.51. The van der Waals surface area contributed by atoms with Crippen molar-refractivity contribution in [1.29, 1.82) is 5.26 Å². The van der Waals surface area contributed by atoms with Gasteiger partial charge in [-0.1, -0.05) is 0 Å². The number of nitriles is 1. The van der Waals surface area contributed by atoms with Crippen LogP contribution in [0.2, 0.25) is 0 Å². The number of rotatable bonds is 6. The Bertz CT molecular complexity index is 597. The SMILES string of the molecule is CC(=O)OC[C@H]1O[C@@H](CC#N)[C@H](OC(C)=O)[C@H](OC(C)=O)[C@@H]1OC(C)=O. The molecule has 0 saturated carbocycles. The summed E-state index contributed by atoms with van der Waals surface area (Å²) < 4.78 is 26.1. The molecule has 1 saturated heterocycles. The fraction of sp³-hybridized carbons (Fsp3) is 0.688. The van der Waals surface area contributed by atoms with E-state index >= 15 is 0 Å². The second-order valence-electron chi connectivity index (χ2n) is 5.60. The van der Waals surface area contributed by atoms with Crippen molar-refractivity contribution in [3.05, 3.63) is 0 Å². The monoisotopic (exact) mass is 371 g/mol. The van der Waals surface area contributed by atoms with E-state index in [-0.39, 0.29) is 13.0 Å². The number of carbonyl (C=O) groups is 4. The molecule has 26 heavy (non-hydrogen) atoms. The summed E-state index contributed by atoms with van der Waals surface area (Å²) in [5.74, 6) is -2.71. The second kappa shape index (κ2) is 9.72. The summed E-state index contributed by atoms with van der Waals surface area (Å²) in [4.78, 5) is 45.5. The van der Waals surface area contributed by atoms with Crippen LogP contribution in [0, 0.1) is 11.3 Å². The second-order valence-corrected chi connectivity index (χ2v) is 5.60. The molecule has 0 amide bonds. The third kappa shape index (κ3) is 6.33. The molecule has 0 unspecified atom stereocenters. The lowest BCUT2D eigenvalue weighted by Crippen LogP contribution is -2.62. The zero-order valence-electron chi connectivity index (χ0n) is 14.9. The molecule has 144 valence electrons. The number of hydrogen-bond acceptors (Lipinski definition) is 10. The average molecular weight is 371 g/mol. The molecule has 0 radical (unpaired) electrons. The van der Waals surface area contributed by atoms with Gasteiger partial charge >= 0.3 is 23.9 Å². The molecule has 5 atom stereocenters. The fourth-order valence-corrected chi connectivity index (χ4v) is 2.57. The maximum absolute atomic E-state index is 11.5. The Balaban J connectivity index is 3.24. The molecule has 1 rings (SSSR count). The molecule has 0 aromatic carbocycles. The van der Waals surface area contributed by atoms with Crippen LogP contribution in [0.15, 0.2) is 0 Å². The van der Waals surface area contributed by atoms with E-state index < -0.39 is 54.4 Å². The van der Waals surface area contributed by atoms with Gasteiger partial charge in [-0.05, 0) is 0 Å². The lowest BCUT2D eigenvalue weighted by atomic mass is 9.93. The largest absolute Gasteiger partial charge is 0.463 e. The maximum atomic E-state index is 11.5. The molecule has 10 nitrogen and oxygen atoms in total. The third-order valence-electron chi connectivity index (χ3n) is 3.38. The molecular formula is C16H21NO9. The van der Waals surface area contributed by atoms with Crippen LogP contribution >= 0.6 is 0 Å². The van der Waals surface area contributed by atoms with Crippen LogP contribution in [0.4, 0.5) is 0 Å². The van der Waals surface area contributed by atoms with Crippen LogP contribution < -0.4 is 0 Å². The van der Waals surface area contributed by atoms with Crippen molar-refractivity contribution in [3.63, 3.8) is 0 Å². The normalized spacial score (nSPS) is 27.6. The van der Waals surface area contributed by atoms with Gasteiger partial charge in [0, 0.05) is 27.7 Å². The number of nitrogens with zero attached hydrogens (tertiary/aromatic N) is 1. The first kappa shape index (κ1) is 21.4. The number of ether oxygens (including phenoxy) is 5. The minimum absolute atomic E-state index is 0.195. The maximum Gasteiger partial charge on any atom is 0.303 e. The number of hydrogen-bond donors (Lipinski definition) is 0. The number of carbonyl (C=O) groups excluding carboxylic acids is 4. The van der Waals surface area contributed by atoms with E-state index in [2.05, 4.69) is 0 Å². The van der Waals surface area contributed by atoms with Crippen molar-refractivity contribution < 1.29 is 42.9 Å². The molecule has 10 heteroatoms. The highest BCUT2D eigenvalue weighted by molar-refractivity contribution is 5.68. The van der Waals surface area contributed by atoms with Crippen LogP contribution in [0.25, 0.3) is 0 Å². The van der Waals surface area contributed by atoms with Crippen molar-refractivity contribution in [3.8, 4) is 6.07 Å². The van der Waals surface area contributed by atoms with Gasteiger partial charge in [0.15, 0.2) is 18.3 Å². The number of esters is 4. The summed E-state index contributed by atoms with van der Waals surface area (Å²) in [6.45, 7) is 4.28. The predicted molar refractivity (Wildman–Crippen MR) is 82.2 cm³/mol. The smallest absolute Gasteiger partial charge is 0.303 e. The fourth-order valence-electron chi connectivity index (χ4n) is 2.57. The standard InChI is InChI=1S/C16H21NO9/c1-8(18)22-7-13-15(24-10(3)20)16(25-11(4)21)14(23-9(2)19)12(26-13)5-6-17/h12-16H,5,7H2,1-4H3/t12-,13+,14-,15+,16-/m0/s1. The summed E-state index contributed by atoms with van der Waals surface area (Å²) in [5.41, 5.74) is 0. The van der Waals surface area contributed by atoms with Gasteiger partial charge in [-0.2, -0.15) is 5.26 Å². The highest BCUT2D eigenvalue weighted by Crippen LogP contribution is 2.30. The molecule has 1 aliphatic rings. The van der Waals surface area contributed by atoms with Crippen molar-refractivity contribution >= 4 is 23.9 Å². The summed E-state index contributed by atoms with van der Waals surface area (Å²) in [6.07, 6.45) is -5.78. The molecule has 0 bridgehead atoms. The van der Waals surface area contributed by atoms with Crippen LogP contribution in [-0.2, 0) is 42.9 Å². The average Bonchev–Trinajstić information content (AvgIpc) is 2.50. The van der Waals surface area contributed by atoms with E-state index in [0.29, 0.717) is 0 Å². The van der Waals surface area contributed by atoms with Gasteiger partial charge in [-0.3, -0.25) is 19.2 Å². The molecule has 1 fully saturated rings. The van der Waals surface area contributed by atoms with E-state index in [1.165, 1.54) is 6.92 Å². The quantitative estimate of drug-likeness (QED) is 0.464. The molecule has 0 spiro atoms. The Hall–Kier alpha value is -2.67. The van der Waals surface area contributed by atoms with Crippen LogP contribution in [0.3, 0.4) is 0 Å². The molecule has 0 N–H and O–H groups in total. The van der Waals surface area contributed by atoms with Gasteiger partial charge < -0.3 is 23.7 Å². The van der Waals surface area contributed by atoms with E-state index in [0.717, 1.165) is 20.8 Å². The Kier molecular flexibility index (Phi) is 7.99. The molecule has 0 aromatic heterocycles. The predicted octanol–water partition coefficient (Wildman–Crippen LogP) is 0.0257. The van der Waals surface area contributed by atoms with E-state index in [1.54, 1.807) is 0 Å². The van der Waals surface area contributed by atoms with Crippen molar-refractivity contribution in [2.75, 3.05) is 6.61 Å². The first-order valence-electron chi connectivity index (χ1n) is 7.83. The Morgan fingerprint density at radius 1 is 0.808 bits per heavy atom. The summed E-state index contributed by atoms with van der Waals surface area (Å²) in [5, 5.41) is 9.01. The topological polar surface area (TPSA) is 138 Å². The molecular weight excluding hydrogens is 350 g/mol. The van der Waals surface area contributed by atoms with Gasteiger partial charge in [0.2, 0.25) is 0 Å². The molecule has 0 aromatic rings. The van der Waals surface area contributed by atoms with Gasteiger partial charge in [-0.15, -0.1) is 0 Å². The zero-order chi connectivity index (χ0) is 19.9. The highest BCUT2D eigenvalue weighted by atomic mass is 16.7. The first-order chi connectivity index (χ1) is 12.1. The Morgan fingerprint density at radius 3 is 1.69 bits per heavy atom. The van der Waals surface area contributed by atoms with E-state index in [1.807, 2.05) is 6.07 Å². The lowest BCUT2D eigenvalue weighted by Gasteiger charge is -2.43. The summed E-state index contributed by atoms with van der Waals surface area (Å²) in [7, 11) is 0. The van der Waals surface area contributed by atoms with E-state index in [4.69, 9.17) is 28.9 Å². The molecule has 1 aliphatic heterocycles. The summed E-state index contributed by atoms with van der Waals surface area (Å²) in [6, 6.07) is 1.88. The van der Waals surface area contributed by atoms with Gasteiger partial charge in [0.1, 0.15) is 18.8 Å². The van der Waals surface area contributed by atoms with Crippen molar-refractivity contribution in [2.45, 2.75) is 64.6 Å². The zero-order valence-corrected chi connectivity index (χ0v) is 14.9. The molecule has 0 aliphatic carbocycles. The minimum Gasteiger partial charge on any atom is -0.463 e. The first-order valence-corrected chi connectivity index (χ1v) is 7.83. The van der Waals surface area contributed by atoms with Crippen molar-refractivity contribution in [2.24, 2.45) is 0 Å². The van der Waals surface area contributed by atoms with Gasteiger partial charge in [-0.25, -0.2) is 0 Å². The minimum atomic E-state index is -1.23. The van der Waals surface area contributed by atoms with Crippen molar-refractivity contribution in [1.82, 2.24) is 0 Å². The summed E-state index contributed by atoms with van der Waals surface area (Å²) >= 11 is 0. The molecule has 1 heterocycles. The Morgan fingerprint density at radius 2 is 1.27 bits per heavy atom. The lowest BCUT2D eigenvalue weighted by molar-refractivity contribution is -0.251. The van der Waals surface area contributed by atoms with Crippen LogP contribution in [-0.4, -0.2) is 61.0 Å². The Labute approximate surface area is 150 Å². The van der Waals surface area contributed by atoms with E-state index in [9.17, 15) is 19.2 Å². The van der Waals surface area contributed by atoms with Crippen LogP contribution in [0.5, 0.6) is 0 Å². The van der Waals surface area contributed by atoms with Gasteiger partial charge in [0.25, 0.3) is 0 Å². The third-order valence-corrected chi connectivity index (χ3v) is 3.38. The van der Waals surface area contributed by atoms with Crippen LogP contribution in [0.1, 0.15) is 34.1 Å². The van der Waals surface area contributed by atoms with Gasteiger partial charge in [0.05, 0.1) is 12.5 Å².